The molecule has 10 aromatic carbocycles. The molecular formula is C76H60N4OPt-2. The van der Waals surface area contributed by atoms with Crippen molar-refractivity contribution in [3.05, 3.63) is 259 Å². The van der Waals surface area contributed by atoms with Crippen LogP contribution in [0.2, 0.25) is 0 Å². The first kappa shape index (κ1) is 41.2. The van der Waals surface area contributed by atoms with Crippen molar-refractivity contribution in [2.75, 3.05) is 0 Å². The van der Waals surface area contributed by atoms with Crippen LogP contribution < -0.4 is 9.30 Å². The SMILES string of the molecule is [2H]c1c([2H])c([2H])c(-c2cccc3c2-c2cccc(-c4ccc(C(C)(C)C)cc4)c2-[n+]2[c-]n(-c4[c-]c(Oc5[c-]c6c(cc5)c5ccccc5n6-c5cc(C(C)(C)C)ccn5)ccc4)c4cc(-c5c(C([2H])([2H])[2H])cccc5C([2H])([2H])[2H])cc(c42)-c2ccccc2-3)c([2H])c1[2H].[Pt]. The average Bonchev–Trinajstić information content (AvgIpc) is 1.61. The topological polar surface area (TPSA) is 35.9 Å². The number of benzene rings is 10. The van der Waals surface area contributed by atoms with E-state index in [1.807, 2.05) is 125 Å². The van der Waals surface area contributed by atoms with Gasteiger partial charge >= 0.3 is 0 Å². The second kappa shape index (κ2) is 20.3. The molecular weight excluding hydrogens is 1180 g/mol. The maximum atomic E-state index is 9.46. The molecule has 0 bridgehead atoms. The number of hydrogen-bond donors (Lipinski definition) is 0. The molecule has 5 nitrogen and oxygen atoms in total. The van der Waals surface area contributed by atoms with Crippen molar-refractivity contribution in [1.82, 2.24) is 14.1 Å². The number of fused-ring (bicyclic) bond motifs is 10. The molecule has 14 rings (SSSR count). The maximum Gasteiger partial charge on any atom is 0.268 e. The number of aryl methyl sites for hydroxylation is 2. The van der Waals surface area contributed by atoms with Crippen LogP contribution in [0.25, 0.3) is 117 Å². The van der Waals surface area contributed by atoms with Gasteiger partial charge in [0.2, 0.25) is 0 Å². The Morgan fingerprint density at radius 2 is 1.17 bits per heavy atom. The molecule has 13 aromatic rings. The van der Waals surface area contributed by atoms with Crippen molar-refractivity contribution < 1.29 is 45.4 Å². The zero-order chi connectivity index (χ0) is 64.7. The van der Waals surface area contributed by atoms with E-state index in [1.165, 1.54) is 18.2 Å². The largest absolute Gasteiger partial charge is 0.510 e. The van der Waals surface area contributed by atoms with Crippen LogP contribution in [-0.2, 0) is 31.9 Å². The molecule has 0 spiro atoms. The molecule has 0 amide bonds. The van der Waals surface area contributed by atoms with E-state index in [0.29, 0.717) is 78.4 Å². The summed E-state index contributed by atoms with van der Waals surface area (Å²) in [5.41, 5.74) is 11.6. The van der Waals surface area contributed by atoms with Gasteiger partial charge in [-0.25, -0.2) is 4.98 Å². The smallest absolute Gasteiger partial charge is 0.268 e. The van der Waals surface area contributed by atoms with E-state index in [-0.39, 0.29) is 66.2 Å². The summed E-state index contributed by atoms with van der Waals surface area (Å²) < 4.78 is 112. The third-order valence-electron chi connectivity index (χ3n) is 15.7. The van der Waals surface area contributed by atoms with E-state index < -0.39 is 31.8 Å². The Hall–Kier alpha value is -8.89. The fraction of sp³-hybridized carbons (Fsp3) is 0.132. The van der Waals surface area contributed by atoms with Crippen LogP contribution in [0, 0.1) is 32.2 Å². The minimum Gasteiger partial charge on any atom is -0.510 e. The van der Waals surface area contributed by atoms with E-state index in [9.17, 15) is 2.74 Å². The summed E-state index contributed by atoms with van der Waals surface area (Å²) in [6.07, 6.45) is 5.64. The molecule has 0 saturated carbocycles. The van der Waals surface area contributed by atoms with Crippen molar-refractivity contribution in [2.24, 2.45) is 0 Å². The monoisotopic (exact) mass is 1250 g/mol. The number of aromatic nitrogens is 4. The summed E-state index contributed by atoms with van der Waals surface area (Å²) in [5.74, 6) is 1.47. The number of para-hydroxylation sites is 2. The van der Waals surface area contributed by atoms with Gasteiger partial charge in [-0.3, -0.25) is 4.57 Å². The Bertz CT molecular complexity index is 5140. The summed E-state index contributed by atoms with van der Waals surface area (Å²) in [5, 5.41) is 1.99. The molecule has 0 N–H and O–H groups in total. The van der Waals surface area contributed by atoms with Gasteiger partial charge in [-0.15, -0.1) is 29.7 Å². The van der Waals surface area contributed by atoms with E-state index >= 15 is 0 Å². The van der Waals surface area contributed by atoms with Gasteiger partial charge in [0.1, 0.15) is 5.82 Å². The molecule has 1 aliphatic heterocycles. The zero-order valence-electron chi connectivity index (χ0n) is 56.9. The van der Waals surface area contributed by atoms with Gasteiger partial charge in [0.25, 0.3) is 6.33 Å². The number of pyridine rings is 1. The predicted octanol–water partition coefficient (Wildman–Crippen LogP) is 19.1. The van der Waals surface area contributed by atoms with Crippen LogP contribution in [0.5, 0.6) is 11.5 Å². The van der Waals surface area contributed by atoms with Crippen molar-refractivity contribution >= 4 is 32.8 Å². The first-order valence-electron chi connectivity index (χ1n) is 32.6. The molecule has 3 aromatic heterocycles. The van der Waals surface area contributed by atoms with Crippen molar-refractivity contribution in [3.8, 4) is 95.5 Å². The predicted molar refractivity (Wildman–Crippen MR) is 333 cm³/mol. The minimum atomic E-state index is -2.75. The van der Waals surface area contributed by atoms with Gasteiger partial charge in [-0.1, -0.05) is 205 Å². The average molecular weight is 1250 g/mol. The number of hydrogen-bond acceptors (Lipinski definition) is 2. The molecule has 0 unspecified atom stereocenters. The summed E-state index contributed by atoms with van der Waals surface area (Å²) in [4.78, 5) is 4.88. The molecule has 6 heteroatoms. The van der Waals surface area contributed by atoms with Crippen molar-refractivity contribution in [2.45, 2.75) is 66.1 Å². The molecule has 0 fully saturated rings. The fourth-order valence-corrected chi connectivity index (χ4v) is 11.7. The molecule has 0 radical (unpaired) electrons. The number of nitrogens with zero attached hydrogens (tertiary/aromatic N) is 4. The Kier molecular flexibility index (Phi) is 10.2. The normalized spacial score (nSPS) is 14.3. The van der Waals surface area contributed by atoms with Gasteiger partial charge in [0.15, 0.2) is 0 Å². The zero-order valence-corrected chi connectivity index (χ0v) is 48.2. The molecule has 0 atom stereocenters. The van der Waals surface area contributed by atoms with Crippen LogP contribution in [0.1, 0.15) is 78.9 Å². The van der Waals surface area contributed by atoms with Crippen molar-refractivity contribution in [3.63, 3.8) is 0 Å². The fourth-order valence-electron chi connectivity index (χ4n) is 11.7. The Morgan fingerprint density at radius 1 is 0.512 bits per heavy atom. The van der Waals surface area contributed by atoms with E-state index in [2.05, 4.69) is 107 Å². The Morgan fingerprint density at radius 3 is 1.93 bits per heavy atom. The summed E-state index contributed by atoms with van der Waals surface area (Å²) >= 11 is 0. The van der Waals surface area contributed by atoms with Crippen LogP contribution in [0.3, 0.4) is 0 Å². The summed E-state index contributed by atoms with van der Waals surface area (Å²) in [7, 11) is 0. The van der Waals surface area contributed by atoms with E-state index in [0.717, 1.165) is 49.9 Å². The quantitative estimate of drug-likeness (QED) is 0.118. The van der Waals surface area contributed by atoms with Crippen LogP contribution >= 0.6 is 0 Å². The number of rotatable bonds is 7. The Balaban J connectivity index is 0.00000787. The second-order valence-electron chi connectivity index (χ2n) is 22.8. The summed E-state index contributed by atoms with van der Waals surface area (Å²) in [6.45, 7) is 7.49. The maximum absolute atomic E-state index is 9.46. The van der Waals surface area contributed by atoms with Gasteiger partial charge < -0.3 is 13.9 Å². The standard InChI is InChI=1S/C76H60N4O.Pt/c1-48-20-16-21-49(2)71(48)52-42-66-61-27-13-12-26-60(61)64-31-18-29-58(50-22-10-9-11-23-50)72(64)65-32-19-30-59(51-34-36-53(37-35-51)75(3,4)5)73(65)79-47-78(69(43-52)74(66)79)55-24-17-25-56(45-55)81-57-38-39-63-62-28-14-15-33-67(62)80(68(63)46-57)70-44-54(40-41-77-70)76(6,7)8;/h9-44H,1-8H3;/q-2;/i1D3,2D3,9D,10D,11D,22D,23D;. The third kappa shape index (κ3) is 8.91. The van der Waals surface area contributed by atoms with Gasteiger partial charge in [-0.05, 0) is 149 Å². The first-order chi connectivity index (χ1) is 43.8. The Labute approximate surface area is 510 Å². The third-order valence-corrected chi connectivity index (χ3v) is 15.7. The molecule has 82 heavy (non-hydrogen) atoms. The number of ether oxygens (including phenoxy) is 1. The van der Waals surface area contributed by atoms with Gasteiger partial charge in [-0.2, -0.15) is 18.2 Å². The molecule has 0 saturated heterocycles. The minimum absolute atomic E-state index is 0. The molecule has 4 heterocycles. The van der Waals surface area contributed by atoms with E-state index in [1.54, 1.807) is 12.1 Å². The summed E-state index contributed by atoms with van der Waals surface area (Å²) in [6, 6.07) is 62.5. The van der Waals surface area contributed by atoms with Crippen molar-refractivity contribution in [1.29, 1.82) is 0 Å². The first-order valence-corrected chi connectivity index (χ1v) is 27.1. The van der Waals surface area contributed by atoms with E-state index in [4.69, 9.17) is 22.1 Å². The molecule has 402 valence electrons. The molecule has 0 aliphatic carbocycles. The second-order valence-corrected chi connectivity index (χ2v) is 22.8. The molecule has 1 aliphatic rings. The van der Waals surface area contributed by atoms with Crippen LogP contribution in [0.15, 0.2) is 218 Å². The van der Waals surface area contributed by atoms with Gasteiger partial charge in [0, 0.05) is 52.5 Å². The van der Waals surface area contributed by atoms with Crippen LogP contribution in [-0.4, -0.2) is 14.1 Å². The van der Waals surface area contributed by atoms with Gasteiger partial charge in [0.05, 0.1) is 23.6 Å². The van der Waals surface area contributed by atoms with Crippen LogP contribution in [0.4, 0.5) is 0 Å². The number of imidazole rings is 1.